The lowest BCUT2D eigenvalue weighted by atomic mass is 9.67. The van der Waals surface area contributed by atoms with Crippen molar-refractivity contribution >= 4 is 35.3 Å². The zero-order valence-corrected chi connectivity index (χ0v) is 49.5. The summed E-state index contributed by atoms with van der Waals surface area (Å²) in [6.07, 6.45) is 13.9. The van der Waals surface area contributed by atoms with Crippen LogP contribution >= 0.6 is 0 Å². The Balaban J connectivity index is 0.000000244. The number of hydrogen-bond acceptors (Lipinski definition) is 14. The fourth-order valence-electron chi connectivity index (χ4n) is 9.19. The topological polar surface area (TPSA) is 272 Å². The maximum atomic E-state index is 12.6. The number of aliphatic carboxylic acids is 1. The molecule has 6 bridgehead atoms. The number of rotatable bonds is 19. The van der Waals surface area contributed by atoms with Crippen molar-refractivity contribution in [1.29, 1.82) is 0 Å². The zero-order valence-electron chi connectivity index (χ0n) is 49.5. The van der Waals surface area contributed by atoms with Crippen LogP contribution in [0.3, 0.4) is 0 Å². The van der Waals surface area contributed by atoms with Gasteiger partial charge < -0.3 is 55.6 Å². The Morgan fingerprint density at radius 2 is 1.30 bits per heavy atom. The predicted octanol–water partition coefficient (Wildman–Crippen LogP) is 4.79. The van der Waals surface area contributed by atoms with Gasteiger partial charge in [-0.25, -0.2) is 14.8 Å². The van der Waals surface area contributed by atoms with Crippen molar-refractivity contribution in [3.63, 3.8) is 0 Å². The number of nitrogens with zero attached hydrogens (tertiary/aromatic N) is 8. The minimum absolute atomic E-state index is 0.134. The summed E-state index contributed by atoms with van der Waals surface area (Å²) in [5, 5.41) is 52.0. The van der Waals surface area contributed by atoms with Crippen molar-refractivity contribution < 1.29 is 48.5 Å². The van der Waals surface area contributed by atoms with E-state index < -0.39 is 47.7 Å². The van der Waals surface area contributed by atoms with E-state index in [1.54, 1.807) is 55.5 Å². The van der Waals surface area contributed by atoms with Gasteiger partial charge in [0.05, 0.1) is 40.0 Å². The molecule has 4 amide bonds. The van der Waals surface area contributed by atoms with Crippen LogP contribution < -0.4 is 36.4 Å². The summed E-state index contributed by atoms with van der Waals surface area (Å²) in [4.78, 5) is 73.1. The molecule has 8 rings (SSSR count). The van der Waals surface area contributed by atoms with Crippen LogP contribution in [0.4, 0.5) is 5.69 Å². The number of anilines is 1. The largest absolute Gasteiger partial charge is 0.851 e. The van der Waals surface area contributed by atoms with Crippen LogP contribution in [0.1, 0.15) is 118 Å². The summed E-state index contributed by atoms with van der Waals surface area (Å²) in [6, 6.07) is 24.2. The van der Waals surface area contributed by atoms with Crippen molar-refractivity contribution in [2.75, 3.05) is 78.0 Å². The molecule has 2 atom stereocenters. The Bertz CT molecular complexity index is 2900. The first-order valence-electron chi connectivity index (χ1n) is 28.6. The number of unbranched alkanes of at least 4 members (excludes halogenated alkanes) is 1. The normalized spacial score (nSPS) is 17.6. The minimum Gasteiger partial charge on any atom is -0.851 e. The number of ether oxygens (including phenoxy) is 1. The molecule has 21 nitrogen and oxygen atoms in total. The number of carboxylic acids is 1. The molecule has 3 aliphatic rings. The first kappa shape index (κ1) is 66.4. The number of hydrogen-bond donors (Lipinski definition) is 5. The van der Waals surface area contributed by atoms with E-state index in [0.717, 1.165) is 65.3 Å². The molecule has 5 aromatic rings. The minimum atomic E-state index is -0.980. The lowest BCUT2D eigenvalue weighted by Crippen LogP contribution is -2.64. The number of benzene rings is 2. The van der Waals surface area contributed by atoms with E-state index in [2.05, 4.69) is 98.1 Å². The number of likely N-dealkylation sites (N-methyl/N-ethyl adjacent to an activating group) is 2. The molecule has 84 heavy (non-hydrogen) atoms. The molecule has 5 N–H and O–H groups in total. The first-order valence-corrected chi connectivity index (χ1v) is 28.6. The number of allylic oxidation sites excluding steroid dienone is 4. The van der Waals surface area contributed by atoms with E-state index >= 15 is 0 Å². The van der Waals surface area contributed by atoms with E-state index in [1.807, 2.05) is 73.1 Å². The van der Waals surface area contributed by atoms with Gasteiger partial charge in [-0.2, -0.15) is 0 Å². The monoisotopic (exact) mass is 1150 g/mol. The van der Waals surface area contributed by atoms with Gasteiger partial charge in [0.15, 0.2) is 0 Å². The lowest BCUT2D eigenvalue weighted by Gasteiger charge is -2.60. The molecule has 0 saturated heterocycles. The van der Waals surface area contributed by atoms with Crippen LogP contribution in [-0.2, 0) is 35.7 Å². The third kappa shape index (κ3) is 21.1. The van der Waals surface area contributed by atoms with Gasteiger partial charge in [0.1, 0.15) is 41.6 Å². The Morgan fingerprint density at radius 1 is 0.774 bits per heavy atom. The summed E-state index contributed by atoms with van der Waals surface area (Å²) in [7, 11) is 4.52. The highest BCUT2D eigenvalue weighted by Crippen LogP contribution is 2.39. The standard InChI is InChI=1S/C28H26N6O4.C18H34N5.C17H23NO5/c35-25-21-7-5-9-23(33-21)27(37)31-17-19-11-13-20(14-12-19)18-32-28(38)24-10-6-8-22(34-24)26(36)30-16-4-2-1-3-15-29-25;1-7-11-14-23(5,6)16-17-15-22(20-19-17)13-12-21(10-4)18(8-2)9-3;1-3-18(8-9-23-10-14(19)20)13-6-4-12(5-7-13)15-16(21)11(2)17(15)22/h1-14H,15-18H2,(H,29,35)(H,30,36)(H,31,37)(H,32,38);8-9,15H,2,7,10-14,16H2,1,3-6H3;4-7,11,15-17H,3,8-10H2,1-2H3,(H,19,20)/q;+1;-2/b;18-9+;. The number of fused-ring (bicyclic) bond motifs is 13. The Hall–Kier alpha value is -8.37. The van der Waals surface area contributed by atoms with Crippen molar-refractivity contribution in [2.24, 2.45) is 5.92 Å². The summed E-state index contributed by atoms with van der Waals surface area (Å²) < 4.78 is 7.97. The van der Waals surface area contributed by atoms with Gasteiger partial charge in [-0.3, -0.25) is 23.9 Å². The predicted molar refractivity (Wildman–Crippen MR) is 319 cm³/mol. The summed E-state index contributed by atoms with van der Waals surface area (Å²) in [5.74, 6) is -3.33. The van der Waals surface area contributed by atoms with Gasteiger partial charge in [0, 0.05) is 63.7 Å². The van der Waals surface area contributed by atoms with Crippen molar-refractivity contribution in [1.82, 2.24) is 51.1 Å². The second kappa shape index (κ2) is 34.3. The lowest BCUT2D eigenvalue weighted by molar-refractivity contribution is -0.904. The quantitative estimate of drug-likeness (QED) is 0.0423. The Labute approximate surface area is 493 Å². The van der Waals surface area contributed by atoms with Gasteiger partial charge in [-0.1, -0.05) is 117 Å². The molecule has 2 aliphatic heterocycles. The second-order valence-corrected chi connectivity index (χ2v) is 20.8. The molecule has 1 fully saturated rings. The molecule has 2 unspecified atom stereocenters. The highest BCUT2D eigenvalue weighted by Gasteiger charge is 2.34. The maximum absolute atomic E-state index is 12.6. The summed E-state index contributed by atoms with van der Waals surface area (Å²) >= 11 is 0. The Kier molecular flexibility index (Phi) is 27.1. The zero-order chi connectivity index (χ0) is 61.0. The fourth-order valence-corrected chi connectivity index (χ4v) is 9.19. The third-order valence-corrected chi connectivity index (χ3v) is 14.1. The molecule has 0 spiro atoms. The molecular formula is C63H83N12O9-. The maximum Gasteiger partial charge on any atom is 0.329 e. The van der Waals surface area contributed by atoms with E-state index in [4.69, 9.17) is 9.84 Å². The van der Waals surface area contributed by atoms with Crippen molar-refractivity contribution in [3.05, 3.63) is 185 Å². The van der Waals surface area contributed by atoms with E-state index in [9.17, 15) is 34.2 Å². The number of carbonyl (C=O) groups is 5. The molecule has 1 aliphatic carbocycles. The highest BCUT2D eigenvalue weighted by molar-refractivity contribution is 5.97. The molecule has 450 valence electrons. The first-order chi connectivity index (χ1) is 40.4. The average Bonchev–Trinajstić information content (AvgIpc) is 4.04. The van der Waals surface area contributed by atoms with Gasteiger partial charge in [0.2, 0.25) is 0 Å². The SMILES string of the molecule is C=C/C(=C\C)N(CC)CCn1cc(C[N+](C)(C)CCCC)nn1.CCN(CCOCC(=O)O)c1ccc(C2C([O-])C(C)C2[O-])cc1.O=C1NCC=CC=CCNC(=O)c2cccc(n2)C(=O)NCc2ccc(cc2)CNC(=O)c2cccc1n2. The third-order valence-electron chi connectivity index (χ3n) is 14.1. The average molecular weight is 1150 g/mol. The van der Waals surface area contributed by atoms with Crippen LogP contribution in [0.25, 0.3) is 0 Å². The number of carboxylic acid groups (broad SMARTS) is 1. The van der Waals surface area contributed by atoms with Gasteiger partial charge in [-0.05, 0) is 92.3 Å². The number of aromatic nitrogens is 5. The van der Waals surface area contributed by atoms with E-state index in [-0.39, 0.29) is 61.5 Å². The fraction of sp³-hybridized carbons (Fsp3) is 0.413. The molecule has 2 aromatic carbocycles. The molecule has 3 aromatic heterocycles. The van der Waals surface area contributed by atoms with Crippen molar-refractivity contribution in [2.45, 2.75) is 91.8 Å². The number of amides is 4. The smallest absolute Gasteiger partial charge is 0.329 e. The molecule has 21 heteroatoms. The summed E-state index contributed by atoms with van der Waals surface area (Å²) in [6.45, 7) is 21.3. The van der Waals surface area contributed by atoms with Crippen LogP contribution in [-0.4, -0.2) is 154 Å². The van der Waals surface area contributed by atoms with Crippen LogP contribution in [0.15, 0.2) is 140 Å². The van der Waals surface area contributed by atoms with Gasteiger partial charge >= 0.3 is 5.97 Å². The van der Waals surface area contributed by atoms with Crippen LogP contribution in [0.5, 0.6) is 0 Å². The number of pyridine rings is 2. The Morgan fingerprint density at radius 3 is 1.76 bits per heavy atom. The van der Waals surface area contributed by atoms with Crippen LogP contribution in [0, 0.1) is 5.92 Å². The van der Waals surface area contributed by atoms with E-state index in [1.165, 1.54) is 37.2 Å². The molecule has 0 radical (unpaired) electrons. The summed E-state index contributed by atoms with van der Waals surface area (Å²) in [5.41, 5.74) is 6.26. The van der Waals surface area contributed by atoms with E-state index in [0.29, 0.717) is 13.2 Å². The van der Waals surface area contributed by atoms with Crippen LogP contribution in [0.2, 0.25) is 0 Å². The van der Waals surface area contributed by atoms with Gasteiger partial charge in [-0.15, -0.1) is 17.3 Å². The number of quaternary nitrogens is 1. The molecule has 5 heterocycles. The molecule has 1 saturated carbocycles. The number of carbonyl (C=O) groups excluding carboxylic acids is 4. The highest BCUT2D eigenvalue weighted by atomic mass is 16.5. The molecular weight excluding hydrogens is 1070 g/mol. The van der Waals surface area contributed by atoms with Gasteiger partial charge in [0.25, 0.3) is 23.6 Å². The second-order valence-electron chi connectivity index (χ2n) is 20.8. The van der Waals surface area contributed by atoms with Crippen molar-refractivity contribution in [3.8, 4) is 0 Å². The number of nitrogens with one attached hydrogen (secondary N) is 4.